The van der Waals surface area contributed by atoms with E-state index >= 15 is 0 Å². The van der Waals surface area contributed by atoms with Crippen molar-refractivity contribution in [3.63, 3.8) is 0 Å². The molecule has 5 atom stereocenters. The van der Waals surface area contributed by atoms with Gasteiger partial charge in [0.2, 0.25) is 0 Å². The summed E-state index contributed by atoms with van der Waals surface area (Å²) < 4.78 is 29.8. The van der Waals surface area contributed by atoms with Gasteiger partial charge in [0, 0.05) is 0 Å². The van der Waals surface area contributed by atoms with Crippen molar-refractivity contribution in [3.05, 3.63) is 144 Å². The zero-order chi connectivity index (χ0) is 31.6. The Bertz CT molecular complexity index is 1580. The van der Waals surface area contributed by atoms with Gasteiger partial charge in [0.05, 0.1) is 22.3 Å². The van der Waals surface area contributed by atoms with Crippen LogP contribution in [0.25, 0.3) is 0 Å². The molecule has 9 nitrogen and oxygen atoms in total. The maximum absolute atomic E-state index is 13.4. The maximum atomic E-state index is 13.4. The minimum Gasteiger partial charge on any atom is -0.459 e. The van der Waals surface area contributed by atoms with Gasteiger partial charge in [-0.15, -0.1) is 11.8 Å². The Morgan fingerprint density at radius 1 is 0.533 bits per heavy atom. The lowest BCUT2D eigenvalue weighted by atomic mass is 9.98. The van der Waals surface area contributed by atoms with Gasteiger partial charge in [0.25, 0.3) is 0 Å². The largest absolute Gasteiger partial charge is 0.459 e. The number of carbonyl (C=O) groups excluding carboxylic acids is 4. The topological polar surface area (TPSA) is 114 Å². The summed E-state index contributed by atoms with van der Waals surface area (Å²) >= 11 is 1.20. The number of esters is 4. The van der Waals surface area contributed by atoms with Crippen LogP contribution in [-0.2, 0) is 23.7 Å². The predicted octanol–water partition coefficient (Wildman–Crippen LogP) is 5.61. The first-order valence-electron chi connectivity index (χ1n) is 14.1. The molecule has 1 aliphatic rings. The van der Waals surface area contributed by atoms with Crippen LogP contribution in [0.5, 0.6) is 0 Å². The number of benzene rings is 4. The molecule has 4 aromatic carbocycles. The first-order valence-corrected chi connectivity index (χ1v) is 15.4. The van der Waals surface area contributed by atoms with E-state index in [1.807, 2.05) is 0 Å². The van der Waals surface area contributed by atoms with E-state index in [1.54, 1.807) is 128 Å². The first kappa shape index (κ1) is 31.5. The average Bonchev–Trinajstić information content (AvgIpc) is 3.10. The van der Waals surface area contributed by atoms with Gasteiger partial charge in [-0.1, -0.05) is 72.8 Å². The molecular formula is C35H30O9S. The molecule has 0 bridgehead atoms. The van der Waals surface area contributed by atoms with Crippen LogP contribution in [0.4, 0.5) is 0 Å². The van der Waals surface area contributed by atoms with Gasteiger partial charge in [0.1, 0.15) is 18.1 Å². The molecule has 1 saturated heterocycles. The van der Waals surface area contributed by atoms with E-state index in [0.717, 1.165) is 0 Å². The highest BCUT2D eigenvalue weighted by Gasteiger charge is 2.53. The molecule has 0 radical (unpaired) electrons. The van der Waals surface area contributed by atoms with Crippen molar-refractivity contribution in [2.24, 2.45) is 0 Å². The zero-order valence-electron chi connectivity index (χ0n) is 24.2. The highest BCUT2D eigenvalue weighted by molar-refractivity contribution is 7.99. The minimum absolute atomic E-state index is 0.232. The molecule has 0 saturated carbocycles. The van der Waals surface area contributed by atoms with Crippen LogP contribution >= 0.6 is 11.8 Å². The number of rotatable bonds is 10. The van der Waals surface area contributed by atoms with Gasteiger partial charge in [-0.05, 0) is 54.8 Å². The molecule has 0 unspecified atom stereocenters. The molecule has 4 aromatic rings. The van der Waals surface area contributed by atoms with Gasteiger partial charge in [-0.2, -0.15) is 0 Å². The Kier molecular flexibility index (Phi) is 10.6. The first-order chi connectivity index (χ1) is 21.9. The van der Waals surface area contributed by atoms with Crippen molar-refractivity contribution in [1.29, 1.82) is 0 Å². The number of carbonyl (C=O) groups is 4. The standard InChI is InChI=1S/C35H30O9S/c1-45-35-30(44-34(39)26-20-12-5-13-21-26)29(43-33(38)25-18-10-4-11-19-25)28(42-32(37)24-16-8-3-9-17-24)27(41-35)22-40-31(36)23-14-6-2-7-15-23/h2-21,27-30,35H,22H2,1H3/t27-,28-,29+,30+,35-/m1/s1. The zero-order valence-corrected chi connectivity index (χ0v) is 25.0. The third-order valence-corrected chi connectivity index (χ3v) is 7.81. The minimum atomic E-state index is -1.34. The van der Waals surface area contributed by atoms with E-state index in [4.69, 9.17) is 23.7 Å². The highest BCUT2D eigenvalue weighted by Crippen LogP contribution is 2.34. The van der Waals surface area contributed by atoms with Crippen molar-refractivity contribution in [1.82, 2.24) is 0 Å². The van der Waals surface area contributed by atoms with E-state index in [0.29, 0.717) is 5.56 Å². The van der Waals surface area contributed by atoms with E-state index < -0.39 is 53.7 Å². The van der Waals surface area contributed by atoms with Crippen molar-refractivity contribution in [2.75, 3.05) is 12.9 Å². The smallest absolute Gasteiger partial charge is 0.338 e. The van der Waals surface area contributed by atoms with Gasteiger partial charge >= 0.3 is 23.9 Å². The summed E-state index contributed by atoms with van der Waals surface area (Å²) in [5.74, 6) is -2.78. The van der Waals surface area contributed by atoms with Crippen LogP contribution in [0.1, 0.15) is 41.4 Å². The molecule has 230 valence electrons. The summed E-state index contributed by atoms with van der Waals surface area (Å²) in [6.45, 7) is -0.351. The van der Waals surface area contributed by atoms with Crippen LogP contribution in [0, 0.1) is 0 Å². The predicted molar refractivity (Wildman–Crippen MR) is 166 cm³/mol. The molecule has 0 spiro atoms. The van der Waals surface area contributed by atoms with Crippen LogP contribution in [0.2, 0.25) is 0 Å². The van der Waals surface area contributed by atoms with Gasteiger partial charge in [-0.25, -0.2) is 19.2 Å². The number of hydrogen-bond donors (Lipinski definition) is 0. The molecule has 5 rings (SSSR count). The molecule has 0 aromatic heterocycles. The second-order valence-electron chi connectivity index (χ2n) is 9.95. The fourth-order valence-corrected chi connectivity index (χ4v) is 5.45. The molecular weight excluding hydrogens is 596 g/mol. The van der Waals surface area contributed by atoms with E-state index in [9.17, 15) is 19.2 Å². The third-order valence-electron chi connectivity index (χ3n) is 6.97. The number of hydrogen-bond acceptors (Lipinski definition) is 10. The van der Waals surface area contributed by atoms with E-state index in [2.05, 4.69) is 0 Å². The molecule has 0 amide bonds. The molecule has 0 N–H and O–H groups in total. The lowest BCUT2D eigenvalue weighted by molar-refractivity contribution is -0.207. The lowest BCUT2D eigenvalue weighted by Gasteiger charge is -2.44. The summed E-state index contributed by atoms with van der Waals surface area (Å²) in [5, 5.41) is 0. The quantitative estimate of drug-likeness (QED) is 0.163. The van der Waals surface area contributed by atoms with Crippen LogP contribution in [0.15, 0.2) is 121 Å². The Morgan fingerprint density at radius 3 is 1.29 bits per heavy atom. The lowest BCUT2D eigenvalue weighted by Crippen LogP contribution is -2.61. The summed E-state index contributed by atoms with van der Waals surface area (Å²) in [7, 11) is 0. The third kappa shape index (κ3) is 7.97. The average molecular weight is 627 g/mol. The summed E-state index contributed by atoms with van der Waals surface area (Å²) in [6, 6.07) is 33.2. The number of ether oxygens (including phenoxy) is 5. The Hall–Kier alpha value is -4.93. The Morgan fingerprint density at radius 2 is 0.889 bits per heavy atom. The molecule has 1 heterocycles. The summed E-state index contributed by atoms with van der Waals surface area (Å²) in [6.07, 6.45) is -3.26. The van der Waals surface area contributed by atoms with Crippen molar-refractivity contribution in [2.45, 2.75) is 29.9 Å². The van der Waals surface area contributed by atoms with Gasteiger partial charge in [0.15, 0.2) is 18.3 Å². The maximum Gasteiger partial charge on any atom is 0.338 e. The van der Waals surface area contributed by atoms with Crippen molar-refractivity contribution in [3.8, 4) is 0 Å². The van der Waals surface area contributed by atoms with Crippen molar-refractivity contribution >= 4 is 35.6 Å². The van der Waals surface area contributed by atoms with Crippen LogP contribution in [-0.4, -0.2) is 66.6 Å². The molecule has 45 heavy (non-hydrogen) atoms. The second-order valence-corrected chi connectivity index (χ2v) is 10.9. The summed E-state index contributed by atoms with van der Waals surface area (Å²) in [4.78, 5) is 52.9. The summed E-state index contributed by atoms with van der Waals surface area (Å²) in [5.41, 5.74) is 0.156. The highest BCUT2D eigenvalue weighted by atomic mass is 32.2. The molecule has 1 fully saturated rings. The van der Waals surface area contributed by atoms with Gasteiger partial charge < -0.3 is 23.7 Å². The monoisotopic (exact) mass is 626 g/mol. The Balaban J connectivity index is 1.50. The molecule has 1 aliphatic heterocycles. The second kappa shape index (κ2) is 15.2. The SMILES string of the molecule is CS[C@H]1O[C@H](COC(=O)c2ccccc2)[C@@H](OC(=O)c2ccccc2)[C@H](OC(=O)c2ccccc2)[C@@H]1OC(=O)c1ccccc1. The van der Waals surface area contributed by atoms with E-state index in [-0.39, 0.29) is 23.3 Å². The van der Waals surface area contributed by atoms with Gasteiger partial charge in [-0.3, -0.25) is 0 Å². The fourth-order valence-electron chi connectivity index (χ4n) is 4.72. The fraction of sp³-hybridized carbons (Fsp3) is 0.200. The normalized spacial score (nSPS) is 20.8. The van der Waals surface area contributed by atoms with Crippen LogP contribution < -0.4 is 0 Å². The molecule has 0 aliphatic carbocycles. The number of thioether (sulfide) groups is 1. The van der Waals surface area contributed by atoms with E-state index in [1.165, 1.54) is 11.8 Å². The van der Waals surface area contributed by atoms with Crippen LogP contribution in [0.3, 0.4) is 0 Å². The van der Waals surface area contributed by atoms with Crippen molar-refractivity contribution < 1.29 is 42.9 Å². The molecule has 10 heteroatoms. The Labute approximate surface area is 264 Å².